The smallest absolute Gasteiger partial charge is 0.315 e. The van der Waals surface area contributed by atoms with E-state index in [-0.39, 0.29) is 18.0 Å². The summed E-state index contributed by atoms with van der Waals surface area (Å²) in [6, 6.07) is 7.67. The van der Waals surface area contributed by atoms with Crippen LogP contribution >= 0.6 is 0 Å². The van der Waals surface area contributed by atoms with Crippen LogP contribution in [0.2, 0.25) is 0 Å². The van der Waals surface area contributed by atoms with Crippen molar-refractivity contribution in [2.24, 2.45) is 0 Å². The first-order valence-electron chi connectivity index (χ1n) is 9.90. The molecule has 7 heteroatoms. The lowest BCUT2D eigenvalue weighted by atomic mass is 9.96. The molecule has 1 aliphatic carbocycles. The van der Waals surface area contributed by atoms with Crippen LogP contribution in [-0.4, -0.2) is 43.8 Å². The lowest BCUT2D eigenvalue weighted by Gasteiger charge is -2.26. The third-order valence-corrected chi connectivity index (χ3v) is 4.90. The Morgan fingerprint density at radius 1 is 1.04 bits per heavy atom. The molecule has 2 aliphatic rings. The highest BCUT2D eigenvalue weighted by Gasteiger charge is 2.21. The number of ether oxygens (including phenoxy) is 2. The molecular formula is C20H29N3O4. The van der Waals surface area contributed by atoms with Gasteiger partial charge in [-0.1, -0.05) is 31.4 Å². The molecule has 1 fully saturated rings. The second-order valence-electron chi connectivity index (χ2n) is 7.14. The normalized spacial score (nSPS) is 19.2. The molecule has 0 aromatic heterocycles. The fraction of sp³-hybridized carbons (Fsp3) is 0.600. The van der Waals surface area contributed by atoms with Gasteiger partial charge in [-0.15, -0.1) is 0 Å². The van der Waals surface area contributed by atoms with E-state index in [2.05, 4.69) is 16.0 Å². The Morgan fingerprint density at radius 3 is 2.63 bits per heavy atom. The van der Waals surface area contributed by atoms with E-state index in [0.29, 0.717) is 44.3 Å². The van der Waals surface area contributed by atoms with Crippen LogP contribution in [0, 0.1) is 0 Å². The van der Waals surface area contributed by atoms with Gasteiger partial charge in [-0.05, 0) is 31.4 Å². The van der Waals surface area contributed by atoms with E-state index in [4.69, 9.17) is 9.47 Å². The maximum atomic E-state index is 12.0. The second-order valence-corrected chi connectivity index (χ2v) is 7.14. The number of nitrogens with one attached hydrogen (secondary N) is 3. The number of hydrogen-bond acceptors (Lipinski definition) is 4. The van der Waals surface area contributed by atoms with Gasteiger partial charge in [0, 0.05) is 19.0 Å². The van der Waals surface area contributed by atoms with Crippen LogP contribution < -0.4 is 25.4 Å². The number of amides is 3. The summed E-state index contributed by atoms with van der Waals surface area (Å²) in [4.78, 5) is 23.8. The maximum Gasteiger partial charge on any atom is 0.315 e. The molecule has 0 spiro atoms. The Morgan fingerprint density at radius 2 is 1.81 bits per heavy atom. The molecule has 1 aromatic rings. The molecule has 1 aromatic carbocycles. The van der Waals surface area contributed by atoms with Crippen LogP contribution in [0.5, 0.6) is 11.5 Å². The topological polar surface area (TPSA) is 88.7 Å². The predicted octanol–water partition coefficient (Wildman–Crippen LogP) is 2.35. The first-order valence-corrected chi connectivity index (χ1v) is 9.90. The Hall–Kier alpha value is -2.44. The van der Waals surface area contributed by atoms with Gasteiger partial charge in [-0.25, -0.2) is 4.79 Å². The van der Waals surface area contributed by atoms with Gasteiger partial charge >= 0.3 is 6.03 Å². The molecule has 1 unspecified atom stereocenters. The molecule has 1 heterocycles. The van der Waals surface area contributed by atoms with Crippen molar-refractivity contribution in [2.45, 2.75) is 57.1 Å². The first kappa shape index (κ1) is 19.3. The zero-order valence-electron chi connectivity index (χ0n) is 15.7. The van der Waals surface area contributed by atoms with Crippen molar-refractivity contribution in [3.8, 4) is 11.5 Å². The SMILES string of the molecule is O=C(CCCNC(=O)NC1CCCCC1)NCC1COc2ccccc2O1. The summed E-state index contributed by atoms with van der Waals surface area (Å²) in [5, 5.41) is 8.69. The van der Waals surface area contributed by atoms with E-state index < -0.39 is 0 Å². The number of urea groups is 1. The zero-order valence-corrected chi connectivity index (χ0v) is 15.7. The van der Waals surface area contributed by atoms with Crippen molar-refractivity contribution in [3.05, 3.63) is 24.3 Å². The van der Waals surface area contributed by atoms with Gasteiger partial charge in [0.1, 0.15) is 12.7 Å². The van der Waals surface area contributed by atoms with Crippen LogP contribution in [0.25, 0.3) is 0 Å². The van der Waals surface area contributed by atoms with Crippen LogP contribution in [0.3, 0.4) is 0 Å². The summed E-state index contributed by atoms with van der Waals surface area (Å²) in [5.41, 5.74) is 0. The number of para-hydroxylation sites is 2. The van der Waals surface area contributed by atoms with Gasteiger partial charge in [0.2, 0.25) is 5.91 Å². The summed E-state index contributed by atoms with van der Waals surface area (Å²) in [6.45, 7) is 1.31. The number of carbonyl (C=O) groups is 2. The third-order valence-electron chi connectivity index (χ3n) is 4.90. The van der Waals surface area contributed by atoms with E-state index in [1.165, 1.54) is 19.3 Å². The van der Waals surface area contributed by atoms with Gasteiger partial charge in [-0.3, -0.25) is 4.79 Å². The highest BCUT2D eigenvalue weighted by Crippen LogP contribution is 2.30. The highest BCUT2D eigenvalue weighted by atomic mass is 16.6. The molecule has 3 amide bonds. The number of hydrogen-bond donors (Lipinski definition) is 3. The average Bonchev–Trinajstić information content (AvgIpc) is 2.70. The predicted molar refractivity (Wildman–Crippen MR) is 102 cm³/mol. The van der Waals surface area contributed by atoms with Gasteiger partial charge in [0.05, 0.1) is 6.54 Å². The molecule has 3 rings (SSSR count). The number of fused-ring (bicyclic) bond motifs is 1. The van der Waals surface area contributed by atoms with Crippen molar-refractivity contribution in [1.82, 2.24) is 16.0 Å². The van der Waals surface area contributed by atoms with E-state index in [1.807, 2.05) is 24.3 Å². The fourth-order valence-electron chi connectivity index (χ4n) is 3.41. The Bertz CT molecular complexity index is 631. The number of benzene rings is 1. The lowest BCUT2D eigenvalue weighted by Crippen LogP contribution is -2.43. The molecule has 7 nitrogen and oxygen atoms in total. The molecule has 27 heavy (non-hydrogen) atoms. The van der Waals surface area contributed by atoms with Crippen LogP contribution in [-0.2, 0) is 4.79 Å². The van der Waals surface area contributed by atoms with Gasteiger partial charge < -0.3 is 25.4 Å². The maximum absolute atomic E-state index is 12.0. The lowest BCUT2D eigenvalue weighted by molar-refractivity contribution is -0.121. The summed E-state index contributed by atoms with van der Waals surface area (Å²) >= 11 is 0. The van der Waals surface area contributed by atoms with Gasteiger partial charge in [0.25, 0.3) is 0 Å². The average molecular weight is 375 g/mol. The van der Waals surface area contributed by atoms with Crippen molar-refractivity contribution in [2.75, 3.05) is 19.7 Å². The second kappa shape index (κ2) is 10.0. The Labute approximate surface area is 160 Å². The minimum atomic E-state index is -0.191. The molecule has 1 saturated carbocycles. The molecule has 0 saturated heterocycles. The standard InChI is InChI=1S/C20H29N3O4/c24-19(11-6-12-21-20(25)23-15-7-2-1-3-8-15)22-13-16-14-26-17-9-4-5-10-18(17)27-16/h4-5,9-10,15-16H,1-3,6-8,11-14H2,(H,22,24)(H2,21,23,25). The quantitative estimate of drug-likeness (QED) is 0.638. The molecule has 1 atom stereocenters. The van der Waals surface area contributed by atoms with E-state index >= 15 is 0 Å². The molecule has 148 valence electrons. The van der Waals surface area contributed by atoms with Crippen molar-refractivity contribution >= 4 is 11.9 Å². The van der Waals surface area contributed by atoms with Crippen molar-refractivity contribution < 1.29 is 19.1 Å². The van der Waals surface area contributed by atoms with Crippen molar-refractivity contribution in [1.29, 1.82) is 0 Å². The largest absolute Gasteiger partial charge is 0.486 e. The summed E-state index contributed by atoms with van der Waals surface area (Å²) in [6.07, 6.45) is 6.55. The molecule has 1 aliphatic heterocycles. The summed E-state index contributed by atoms with van der Waals surface area (Å²) in [7, 11) is 0. The van der Waals surface area contributed by atoms with Crippen LogP contribution in [0.4, 0.5) is 4.79 Å². The molecule has 0 radical (unpaired) electrons. The third kappa shape index (κ3) is 6.34. The minimum Gasteiger partial charge on any atom is -0.486 e. The molecular weight excluding hydrogens is 346 g/mol. The highest BCUT2D eigenvalue weighted by molar-refractivity contribution is 5.76. The fourth-order valence-corrected chi connectivity index (χ4v) is 3.41. The monoisotopic (exact) mass is 375 g/mol. The Kier molecular flexibility index (Phi) is 7.19. The first-order chi connectivity index (χ1) is 13.2. The molecule has 3 N–H and O–H groups in total. The van der Waals surface area contributed by atoms with Crippen molar-refractivity contribution in [3.63, 3.8) is 0 Å². The summed E-state index contributed by atoms with van der Waals surface area (Å²) < 4.78 is 11.4. The van der Waals surface area contributed by atoms with E-state index in [0.717, 1.165) is 18.6 Å². The van der Waals surface area contributed by atoms with Crippen LogP contribution in [0.1, 0.15) is 44.9 Å². The zero-order chi connectivity index (χ0) is 18.9. The number of rotatable bonds is 7. The van der Waals surface area contributed by atoms with Gasteiger partial charge in [0.15, 0.2) is 11.5 Å². The molecule has 0 bridgehead atoms. The Balaban J connectivity index is 1.24. The minimum absolute atomic E-state index is 0.0491. The van der Waals surface area contributed by atoms with E-state index in [1.54, 1.807) is 0 Å². The number of carbonyl (C=O) groups excluding carboxylic acids is 2. The van der Waals surface area contributed by atoms with E-state index in [9.17, 15) is 9.59 Å². The summed E-state index contributed by atoms with van der Waals surface area (Å²) in [5.74, 6) is 1.39. The van der Waals surface area contributed by atoms with Crippen LogP contribution in [0.15, 0.2) is 24.3 Å². The van der Waals surface area contributed by atoms with Gasteiger partial charge in [-0.2, -0.15) is 0 Å².